The molecule has 0 amide bonds. The third-order valence-electron chi connectivity index (χ3n) is 5.30. The van der Waals surface area contributed by atoms with Crippen LogP contribution >= 0.6 is 7.75 Å². The molecule has 0 radical (unpaired) electrons. The zero-order valence-corrected chi connectivity index (χ0v) is 14.1. The Morgan fingerprint density at radius 3 is 2.92 bits per heavy atom. The number of rotatable bonds is 2. The predicted octanol–water partition coefficient (Wildman–Crippen LogP) is 1.31. The lowest BCUT2D eigenvalue weighted by Gasteiger charge is -2.35. The molecular formula is C16H20NO6P. The van der Waals surface area contributed by atoms with E-state index in [0.29, 0.717) is 24.3 Å². The van der Waals surface area contributed by atoms with Crippen molar-refractivity contribution in [3.8, 4) is 11.5 Å². The maximum absolute atomic E-state index is 11.8. The molecular weight excluding hydrogens is 333 g/mol. The van der Waals surface area contributed by atoms with Gasteiger partial charge in [0.05, 0.1) is 18.6 Å². The smallest absolute Gasteiger partial charge is 0.403 e. The fourth-order valence-corrected chi connectivity index (χ4v) is 4.84. The number of hydrogen-bond acceptors (Lipinski definition) is 4. The molecule has 2 aliphatic heterocycles. The summed E-state index contributed by atoms with van der Waals surface area (Å²) in [5.74, 6) is 1.24. The molecule has 3 aliphatic rings. The van der Waals surface area contributed by atoms with Gasteiger partial charge < -0.3 is 24.4 Å². The summed E-state index contributed by atoms with van der Waals surface area (Å²) in [4.78, 5) is 19.3. The fourth-order valence-electron chi connectivity index (χ4n) is 4.14. The zero-order chi connectivity index (χ0) is 17.1. The molecule has 4 rings (SSSR count). The van der Waals surface area contributed by atoms with Gasteiger partial charge in [-0.2, -0.15) is 0 Å². The van der Waals surface area contributed by atoms with Crippen molar-refractivity contribution in [2.45, 2.75) is 37.0 Å². The molecule has 8 heteroatoms. The average molecular weight is 353 g/mol. The van der Waals surface area contributed by atoms with Crippen LogP contribution in [-0.4, -0.2) is 45.4 Å². The number of hydrogen-bond donors (Lipinski definition) is 3. The van der Waals surface area contributed by atoms with Crippen molar-refractivity contribution in [2.75, 3.05) is 13.7 Å². The number of nitrogens with zero attached hydrogens (tertiary/aromatic N) is 1. The maximum atomic E-state index is 11.8. The van der Waals surface area contributed by atoms with E-state index in [2.05, 4.69) is 0 Å². The number of aliphatic hydroxyl groups is 1. The van der Waals surface area contributed by atoms with E-state index < -0.39 is 19.3 Å². The Bertz CT molecular complexity index is 759. The molecule has 1 aromatic carbocycles. The zero-order valence-electron chi connectivity index (χ0n) is 13.3. The minimum absolute atomic E-state index is 0.158. The quantitative estimate of drug-likeness (QED) is 0.545. The van der Waals surface area contributed by atoms with Crippen molar-refractivity contribution < 1.29 is 28.9 Å². The van der Waals surface area contributed by atoms with Crippen molar-refractivity contribution in [3.63, 3.8) is 0 Å². The Kier molecular flexibility index (Phi) is 3.57. The summed E-state index contributed by atoms with van der Waals surface area (Å²) in [6.45, 7) is 0.409. The maximum Gasteiger partial charge on any atom is 0.403 e. The average Bonchev–Trinajstić information content (AvgIpc) is 2.74. The van der Waals surface area contributed by atoms with Gasteiger partial charge in [-0.25, -0.2) is 9.24 Å². The highest BCUT2D eigenvalue weighted by molar-refractivity contribution is 7.49. The van der Waals surface area contributed by atoms with Gasteiger partial charge in [0.15, 0.2) is 11.5 Å². The summed E-state index contributed by atoms with van der Waals surface area (Å²) in [6.07, 6.45) is 3.82. The molecule has 0 saturated carbocycles. The minimum Gasteiger partial charge on any atom is -0.493 e. The van der Waals surface area contributed by atoms with Crippen LogP contribution in [0.1, 0.15) is 24.0 Å². The third-order valence-corrected chi connectivity index (χ3v) is 6.38. The number of aliphatic hydroxyl groups excluding tert-OH is 1. The molecule has 2 heterocycles. The topological polar surface area (TPSA) is 99.5 Å². The second kappa shape index (κ2) is 5.31. The van der Waals surface area contributed by atoms with Gasteiger partial charge in [0.1, 0.15) is 6.10 Å². The lowest BCUT2D eigenvalue weighted by atomic mass is 9.69. The number of methoxy groups -OCH3 is 1. The van der Waals surface area contributed by atoms with Gasteiger partial charge in [-0.1, -0.05) is 18.2 Å². The van der Waals surface area contributed by atoms with Crippen LogP contribution in [0.4, 0.5) is 0 Å². The van der Waals surface area contributed by atoms with E-state index in [1.54, 1.807) is 19.3 Å². The van der Waals surface area contributed by atoms with Gasteiger partial charge in [-0.15, -0.1) is 0 Å². The van der Waals surface area contributed by atoms with Gasteiger partial charge in [0.2, 0.25) is 0 Å². The Balaban J connectivity index is 1.91. The molecule has 0 fully saturated rings. The molecule has 3 atom stereocenters. The Morgan fingerprint density at radius 2 is 2.21 bits per heavy atom. The molecule has 0 aromatic heterocycles. The monoisotopic (exact) mass is 353 g/mol. The molecule has 1 aromatic rings. The Hall–Kier alpha value is -1.37. The third kappa shape index (κ3) is 2.24. The number of ether oxygens (including phenoxy) is 2. The van der Waals surface area contributed by atoms with Crippen LogP contribution in [0.3, 0.4) is 0 Å². The largest absolute Gasteiger partial charge is 0.493 e. The summed E-state index contributed by atoms with van der Waals surface area (Å²) in [6, 6.07) is 3.61. The standard InChI is InChI=1S/C16H20NO6P/c1-22-12-3-2-10-9-17(24(19,20)21)7-6-16-5-4-11(18)8-13(16)23-15(12)14(10)16/h2-5,11,13,18H,6-9H2,1H3,(H2,19,20,21). The molecule has 1 spiro atoms. The van der Waals surface area contributed by atoms with Crippen LogP contribution in [0.25, 0.3) is 0 Å². The van der Waals surface area contributed by atoms with Crippen LogP contribution < -0.4 is 9.47 Å². The first-order valence-corrected chi connectivity index (χ1v) is 9.47. The molecule has 24 heavy (non-hydrogen) atoms. The van der Waals surface area contributed by atoms with Gasteiger partial charge in [0, 0.05) is 25.1 Å². The lowest BCUT2D eigenvalue weighted by Crippen LogP contribution is -2.42. The molecule has 3 unspecified atom stereocenters. The van der Waals surface area contributed by atoms with Gasteiger partial charge in [-0.3, -0.25) is 0 Å². The highest BCUT2D eigenvalue weighted by atomic mass is 31.2. The van der Waals surface area contributed by atoms with Crippen LogP contribution in [0, 0.1) is 0 Å². The molecule has 0 saturated heterocycles. The van der Waals surface area contributed by atoms with Crippen molar-refractivity contribution in [2.24, 2.45) is 0 Å². The van der Waals surface area contributed by atoms with Crippen LogP contribution in [0.2, 0.25) is 0 Å². The van der Waals surface area contributed by atoms with E-state index in [-0.39, 0.29) is 19.2 Å². The minimum atomic E-state index is -4.34. The fraction of sp³-hybridized carbons (Fsp3) is 0.500. The first-order chi connectivity index (χ1) is 11.3. The number of benzene rings is 1. The first kappa shape index (κ1) is 16.1. The van der Waals surface area contributed by atoms with E-state index in [4.69, 9.17) is 9.47 Å². The Morgan fingerprint density at radius 1 is 1.42 bits per heavy atom. The molecule has 0 bridgehead atoms. The van der Waals surface area contributed by atoms with Crippen molar-refractivity contribution in [1.82, 2.24) is 4.67 Å². The summed E-state index contributed by atoms with van der Waals surface area (Å²) in [5.41, 5.74) is 1.28. The second-order valence-electron chi connectivity index (χ2n) is 6.59. The summed E-state index contributed by atoms with van der Waals surface area (Å²) in [5, 5.41) is 9.98. The molecule has 130 valence electrons. The van der Waals surface area contributed by atoms with Crippen molar-refractivity contribution in [1.29, 1.82) is 0 Å². The van der Waals surface area contributed by atoms with E-state index in [1.807, 2.05) is 12.1 Å². The van der Waals surface area contributed by atoms with E-state index in [0.717, 1.165) is 11.1 Å². The molecule has 7 nitrogen and oxygen atoms in total. The lowest BCUT2D eigenvalue weighted by molar-refractivity contribution is 0.0827. The van der Waals surface area contributed by atoms with Crippen molar-refractivity contribution >= 4 is 7.75 Å². The van der Waals surface area contributed by atoms with Crippen LogP contribution in [0.5, 0.6) is 11.5 Å². The van der Waals surface area contributed by atoms with Crippen LogP contribution in [-0.2, 0) is 16.5 Å². The summed E-state index contributed by atoms with van der Waals surface area (Å²) < 4.78 is 24.6. The first-order valence-electron chi connectivity index (χ1n) is 7.90. The molecule has 1 aliphatic carbocycles. The van der Waals surface area contributed by atoms with Crippen molar-refractivity contribution in [3.05, 3.63) is 35.4 Å². The van der Waals surface area contributed by atoms with E-state index >= 15 is 0 Å². The van der Waals surface area contributed by atoms with E-state index in [1.165, 1.54) is 4.67 Å². The summed E-state index contributed by atoms with van der Waals surface area (Å²) >= 11 is 0. The van der Waals surface area contributed by atoms with E-state index in [9.17, 15) is 19.5 Å². The SMILES string of the molecule is COc1ccc2c3c1OC1CC(O)C=CC31CCN(P(=O)(O)O)C2. The highest BCUT2D eigenvalue weighted by Crippen LogP contribution is 2.57. The Labute approximate surface area is 139 Å². The summed E-state index contributed by atoms with van der Waals surface area (Å²) in [7, 11) is -2.77. The van der Waals surface area contributed by atoms with Crippen LogP contribution in [0.15, 0.2) is 24.3 Å². The normalized spacial score (nSPS) is 31.8. The van der Waals surface area contributed by atoms with Gasteiger partial charge in [0.25, 0.3) is 0 Å². The molecule has 3 N–H and O–H groups in total. The van der Waals surface area contributed by atoms with Gasteiger partial charge >= 0.3 is 7.75 Å². The van der Waals surface area contributed by atoms with Gasteiger partial charge in [-0.05, 0) is 18.1 Å². The predicted molar refractivity (Wildman–Crippen MR) is 85.9 cm³/mol. The highest BCUT2D eigenvalue weighted by Gasteiger charge is 2.53. The second-order valence-corrected chi connectivity index (χ2v) is 8.18.